The summed E-state index contributed by atoms with van der Waals surface area (Å²) in [5, 5.41) is 10.4. The number of amides is 1. The van der Waals surface area contributed by atoms with Gasteiger partial charge < -0.3 is 10.2 Å². The van der Waals surface area contributed by atoms with Gasteiger partial charge in [-0.05, 0) is 57.2 Å². The number of hydrogen-bond donors (Lipinski definition) is 2. The lowest BCUT2D eigenvalue weighted by molar-refractivity contribution is 0.0713. The van der Waals surface area contributed by atoms with Gasteiger partial charge in [0.2, 0.25) is 0 Å². The zero-order valence-electron chi connectivity index (χ0n) is 14.5. The number of likely N-dealkylation sites (tertiary alicyclic amines) is 1. The Labute approximate surface area is 142 Å². The Morgan fingerprint density at radius 2 is 2.12 bits per heavy atom. The lowest BCUT2D eigenvalue weighted by atomic mass is 9.89. The fourth-order valence-electron chi connectivity index (χ4n) is 3.30. The highest BCUT2D eigenvalue weighted by Crippen LogP contribution is 2.30. The molecule has 3 heterocycles. The number of H-pyrrole nitrogens is 1. The maximum Gasteiger partial charge on any atom is 0.257 e. The highest BCUT2D eigenvalue weighted by Gasteiger charge is 2.27. The molecule has 24 heavy (non-hydrogen) atoms. The van der Waals surface area contributed by atoms with Gasteiger partial charge in [0.15, 0.2) is 0 Å². The Kier molecular flexibility index (Phi) is 4.83. The molecule has 1 fully saturated rings. The highest BCUT2D eigenvalue weighted by molar-refractivity contribution is 5.98. The minimum absolute atomic E-state index is 0.0635. The molecule has 0 spiro atoms. The van der Waals surface area contributed by atoms with Crippen molar-refractivity contribution in [3.05, 3.63) is 41.3 Å². The monoisotopic (exact) mass is 327 g/mol. The molecule has 128 valence electrons. The fourth-order valence-corrected chi connectivity index (χ4v) is 3.30. The van der Waals surface area contributed by atoms with Crippen LogP contribution >= 0.6 is 0 Å². The van der Waals surface area contributed by atoms with Crippen molar-refractivity contribution in [2.24, 2.45) is 0 Å². The molecule has 0 atom stereocenters. The maximum atomic E-state index is 12.9. The normalized spacial score (nSPS) is 15.8. The number of aromatic amines is 1. The minimum atomic E-state index is 0.0635. The number of aryl methyl sites for hydroxylation is 1. The van der Waals surface area contributed by atoms with Gasteiger partial charge in [-0.15, -0.1) is 0 Å². The van der Waals surface area contributed by atoms with E-state index in [4.69, 9.17) is 0 Å². The summed E-state index contributed by atoms with van der Waals surface area (Å²) in [6, 6.07) is 3.91. The second-order valence-corrected chi connectivity index (χ2v) is 6.72. The van der Waals surface area contributed by atoms with Crippen molar-refractivity contribution in [1.82, 2.24) is 20.1 Å². The van der Waals surface area contributed by atoms with Crippen molar-refractivity contribution in [2.75, 3.05) is 18.4 Å². The van der Waals surface area contributed by atoms with Gasteiger partial charge in [0.05, 0.1) is 11.8 Å². The second-order valence-electron chi connectivity index (χ2n) is 6.72. The number of hydrogen-bond acceptors (Lipinski definition) is 4. The molecule has 1 saturated heterocycles. The molecule has 0 unspecified atom stereocenters. The van der Waals surface area contributed by atoms with E-state index in [-0.39, 0.29) is 11.9 Å². The average Bonchev–Trinajstić information content (AvgIpc) is 3.00. The maximum absolute atomic E-state index is 12.9. The molecular formula is C18H25N5O. The molecule has 6 nitrogen and oxygen atoms in total. The van der Waals surface area contributed by atoms with Crippen LogP contribution in [-0.4, -0.2) is 45.1 Å². The zero-order valence-corrected chi connectivity index (χ0v) is 14.5. The van der Waals surface area contributed by atoms with Gasteiger partial charge in [0.1, 0.15) is 5.82 Å². The molecule has 1 aliphatic rings. The van der Waals surface area contributed by atoms with Crippen LogP contribution in [0.25, 0.3) is 0 Å². The smallest absolute Gasteiger partial charge is 0.257 e. The van der Waals surface area contributed by atoms with Crippen LogP contribution in [0.1, 0.15) is 54.2 Å². The van der Waals surface area contributed by atoms with Crippen molar-refractivity contribution >= 4 is 11.7 Å². The number of aromatic nitrogens is 3. The number of carbonyl (C=O) groups is 1. The molecule has 0 radical (unpaired) electrons. The summed E-state index contributed by atoms with van der Waals surface area (Å²) in [6.45, 7) is 7.68. The number of rotatable bonds is 4. The van der Waals surface area contributed by atoms with Crippen molar-refractivity contribution in [2.45, 2.75) is 45.6 Å². The van der Waals surface area contributed by atoms with Gasteiger partial charge >= 0.3 is 0 Å². The molecule has 1 amide bonds. The van der Waals surface area contributed by atoms with Gasteiger partial charge in [-0.1, -0.05) is 0 Å². The predicted molar refractivity (Wildman–Crippen MR) is 94.2 cm³/mol. The number of nitrogens with one attached hydrogen (secondary N) is 2. The summed E-state index contributed by atoms with van der Waals surface area (Å²) in [7, 11) is 0. The molecule has 3 rings (SSSR count). The van der Waals surface area contributed by atoms with Gasteiger partial charge in [0.25, 0.3) is 5.91 Å². The topological polar surface area (TPSA) is 73.9 Å². The summed E-state index contributed by atoms with van der Waals surface area (Å²) in [6.07, 6.45) is 5.58. The van der Waals surface area contributed by atoms with E-state index in [2.05, 4.69) is 27.4 Å². The highest BCUT2D eigenvalue weighted by atomic mass is 16.2. The summed E-state index contributed by atoms with van der Waals surface area (Å²) in [5.74, 6) is 1.22. The summed E-state index contributed by atoms with van der Waals surface area (Å²) >= 11 is 0. The van der Waals surface area contributed by atoms with Gasteiger partial charge in [-0.3, -0.25) is 9.89 Å². The third-order valence-electron chi connectivity index (χ3n) is 4.55. The minimum Gasteiger partial charge on any atom is -0.367 e. The molecule has 0 saturated carbocycles. The van der Waals surface area contributed by atoms with Crippen LogP contribution in [0.5, 0.6) is 0 Å². The van der Waals surface area contributed by atoms with Crippen LogP contribution in [0.3, 0.4) is 0 Å². The third kappa shape index (κ3) is 3.42. The van der Waals surface area contributed by atoms with Crippen LogP contribution in [0.4, 0.5) is 5.82 Å². The first-order chi connectivity index (χ1) is 11.6. The first kappa shape index (κ1) is 16.5. The van der Waals surface area contributed by atoms with E-state index in [0.717, 1.165) is 31.6 Å². The van der Waals surface area contributed by atoms with Gasteiger partial charge in [0, 0.05) is 31.0 Å². The molecule has 2 aromatic rings. The van der Waals surface area contributed by atoms with E-state index < -0.39 is 0 Å². The molecule has 0 aromatic carbocycles. The summed E-state index contributed by atoms with van der Waals surface area (Å²) in [5.41, 5.74) is 3.07. The molecule has 1 aliphatic heterocycles. The summed E-state index contributed by atoms with van der Waals surface area (Å²) < 4.78 is 0. The largest absolute Gasteiger partial charge is 0.367 e. The molecule has 0 bridgehead atoms. The first-order valence-corrected chi connectivity index (χ1v) is 8.57. The van der Waals surface area contributed by atoms with Crippen molar-refractivity contribution < 1.29 is 4.79 Å². The summed E-state index contributed by atoms with van der Waals surface area (Å²) in [4.78, 5) is 19.2. The fraction of sp³-hybridized carbons (Fsp3) is 0.500. The Bertz CT molecular complexity index is 701. The van der Waals surface area contributed by atoms with E-state index in [1.165, 1.54) is 5.56 Å². The number of nitrogens with zero attached hydrogens (tertiary/aromatic N) is 3. The first-order valence-electron chi connectivity index (χ1n) is 8.57. The average molecular weight is 327 g/mol. The zero-order chi connectivity index (χ0) is 17.1. The quantitative estimate of drug-likeness (QED) is 0.905. The Morgan fingerprint density at radius 3 is 2.75 bits per heavy atom. The molecule has 2 aromatic heterocycles. The molecular weight excluding hydrogens is 302 g/mol. The van der Waals surface area contributed by atoms with Crippen LogP contribution in [0, 0.1) is 6.92 Å². The standard InChI is InChI=1S/C18H25N5O/c1-12(2)21-17-15(5-4-8-19-17)18(24)23-9-6-14(7-10-23)16-11-20-22-13(16)3/h4-5,8,11-12,14H,6-7,9-10H2,1-3H3,(H,19,21)(H,20,22). The SMILES string of the molecule is Cc1[nH]ncc1C1CCN(C(=O)c2cccnc2NC(C)C)CC1. The number of pyridine rings is 1. The van der Waals surface area contributed by atoms with Crippen LogP contribution in [-0.2, 0) is 0 Å². The van der Waals surface area contributed by atoms with Crippen molar-refractivity contribution in [1.29, 1.82) is 0 Å². The molecule has 0 aliphatic carbocycles. The number of anilines is 1. The van der Waals surface area contributed by atoms with Crippen LogP contribution in [0.15, 0.2) is 24.5 Å². The van der Waals surface area contributed by atoms with E-state index in [1.807, 2.05) is 37.1 Å². The molecule has 2 N–H and O–H groups in total. The Balaban J connectivity index is 1.69. The third-order valence-corrected chi connectivity index (χ3v) is 4.55. The number of carbonyl (C=O) groups excluding carboxylic acids is 1. The van der Waals surface area contributed by atoms with Crippen molar-refractivity contribution in [3.8, 4) is 0 Å². The predicted octanol–water partition coefficient (Wildman–Crippen LogP) is 2.95. The van der Waals surface area contributed by atoms with Crippen molar-refractivity contribution in [3.63, 3.8) is 0 Å². The van der Waals surface area contributed by atoms with Crippen LogP contribution < -0.4 is 5.32 Å². The second kappa shape index (κ2) is 7.03. The van der Waals surface area contributed by atoms with Gasteiger partial charge in [-0.25, -0.2) is 4.98 Å². The van der Waals surface area contributed by atoms with Gasteiger partial charge in [-0.2, -0.15) is 5.10 Å². The lowest BCUT2D eigenvalue weighted by Crippen LogP contribution is -2.38. The lowest BCUT2D eigenvalue weighted by Gasteiger charge is -2.32. The van der Waals surface area contributed by atoms with E-state index in [9.17, 15) is 4.79 Å². The van der Waals surface area contributed by atoms with E-state index >= 15 is 0 Å². The molecule has 6 heteroatoms. The number of piperidine rings is 1. The van der Waals surface area contributed by atoms with Crippen LogP contribution in [0.2, 0.25) is 0 Å². The van der Waals surface area contributed by atoms with E-state index in [1.54, 1.807) is 6.20 Å². The Hall–Kier alpha value is -2.37. The van der Waals surface area contributed by atoms with E-state index in [0.29, 0.717) is 17.3 Å². The Morgan fingerprint density at radius 1 is 1.38 bits per heavy atom.